The van der Waals surface area contributed by atoms with Crippen LogP contribution < -0.4 is 4.74 Å². The maximum Gasteiger partial charge on any atom is 0.274 e. The summed E-state index contributed by atoms with van der Waals surface area (Å²) in [6, 6.07) is 9.28. The fourth-order valence-corrected chi connectivity index (χ4v) is 3.37. The lowest BCUT2D eigenvalue weighted by atomic mass is 10.1. The van der Waals surface area contributed by atoms with Gasteiger partial charge in [-0.1, -0.05) is 12.1 Å². The minimum atomic E-state index is -0.144. The zero-order valence-corrected chi connectivity index (χ0v) is 15.3. The molecule has 0 saturated carbocycles. The molecule has 0 spiro atoms. The number of benzene rings is 1. The highest BCUT2D eigenvalue weighted by molar-refractivity contribution is 5.98. The largest absolute Gasteiger partial charge is 0.497 e. The van der Waals surface area contributed by atoms with E-state index < -0.39 is 0 Å². The number of nitrogens with zero attached hydrogens (tertiary/aromatic N) is 4. The van der Waals surface area contributed by atoms with Crippen LogP contribution in [0, 0.1) is 0 Å². The molecule has 1 saturated heterocycles. The Labute approximate surface area is 157 Å². The van der Waals surface area contributed by atoms with Crippen molar-refractivity contribution in [2.24, 2.45) is 0 Å². The van der Waals surface area contributed by atoms with Crippen molar-refractivity contribution in [3.8, 4) is 5.75 Å². The number of rotatable bonds is 4. The summed E-state index contributed by atoms with van der Waals surface area (Å²) in [5.41, 5.74) is 1.82. The molecule has 1 aromatic heterocycles. The van der Waals surface area contributed by atoms with Gasteiger partial charge in [0.15, 0.2) is 5.69 Å². The fraction of sp³-hybridized carbons (Fsp3) is 0.421. The van der Waals surface area contributed by atoms with Crippen molar-refractivity contribution >= 4 is 11.8 Å². The number of carbonyl (C=O) groups is 2. The maximum atomic E-state index is 12.9. The van der Waals surface area contributed by atoms with Crippen molar-refractivity contribution in [2.75, 3.05) is 40.0 Å². The first-order chi connectivity index (χ1) is 13.2. The predicted molar refractivity (Wildman–Crippen MR) is 96.7 cm³/mol. The molecular formula is C19H22N4O4. The van der Waals surface area contributed by atoms with E-state index in [-0.39, 0.29) is 11.8 Å². The van der Waals surface area contributed by atoms with Crippen LogP contribution in [0.15, 0.2) is 30.3 Å². The zero-order chi connectivity index (χ0) is 18.8. The van der Waals surface area contributed by atoms with Gasteiger partial charge in [0, 0.05) is 32.2 Å². The number of hydrogen-bond acceptors (Lipinski definition) is 5. The standard InChI is InChI=1S/C19H22N4O4/c1-26-15-4-2-14(3-5-15)13-22-6-7-23-17(19(22)25)12-16(20-23)18(24)21-8-10-27-11-9-21/h2-5,12H,6-11,13H2,1H3. The van der Waals surface area contributed by atoms with Gasteiger partial charge < -0.3 is 19.3 Å². The summed E-state index contributed by atoms with van der Waals surface area (Å²) in [5.74, 6) is 0.536. The lowest BCUT2D eigenvalue weighted by Crippen LogP contribution is -2.41. The molecule has 2 aliphatic rings. The zero-order valence-electron chi connectivity index (χ0n) is 15.3. The Morgan fingerprint density at radius 1 is 1.15 bits per heavy atom. The van der Waals surface area contributed by atoms with Gasteiger partial charge >= 0.3 is 0 Å². The molecule has 2 aromatic rings. The van der Waals surface area contributed by atoms with Gasteiger partial charge in [-0.15, -0.1) is 0 Å². The van der Waals surface area contributed by atoms with Crippen LogP contribution in [-0.4, -0.2) is 71.4 Å². The van der Waals surface area contributed by atoms with E-state index in [0.29, 0.717) is 57.3 Å². The molecule has 0 N–H and O–H groups in total. The average Bonchev–Trinajstić information content (AvgIpc) is 3.16. The normalized spacial score (nSPS) is 17.0. The monoisotopic (exact) mass is 370 g/mol. The van der Waals surface area contributed by atoms with Crippen molar-refractivity contribution in [2.45, 2.75) is 13.1 Å². The minimum absolute atomic E-state index is 0.106. The summed E-state index contributed by atoms with van der Waals surface area (Å²) in [7, 11) is 1.63. The number of fused-ring (bicyclic) bond motifs is 1. The average molecular weight is 370 g/mol. The van der Waals surface area contributed by atoms with Crippen LogP contribution in [0.25, 0.3) is 0 Å². The first kappa shape index (κ1) is 17.5. The van der Waals surface area contributed by atoms with Crippen molar-refractivity contribution in [1.82, 2.24) is 19.6 Å². The molecule has 0 bridgehead atoms. The van der Waals surface area contributed by atoms with Gasteiger partial charge in [-0.3, -0.25) is 14.3 Å². The molecule has 0 atom stereocenters. The third-order valence-corrected chi connectivity index (χ3v) is 4.92. The van der Waals surface area contributed by atoms with Gasteiger partial charge in [0.2, 0.25) is 0 Å². The highest BCUT2D eigenvalue weighted by Crippen LogP contribution is 2.19. The second-order valence-corrected chi connectivity index (χ2v) is 6.62. The Morgan fingerprint density at radius 2 is 1.89 bits per heavy atom. The van der Waals surface area contributed by atoms with Crippen LogP contribution in [0.4, 0.5) is 0 Å². The Morgan fingerprint density at radius 3 is 2.59 bits per heavy atom. The predicted octanol–water partition coefficient (Wildman–Crippen LogP) is 1.02. The van der Waals surface area contributed by atoms with Gasteiger partial charge in [0.25, 0.3) is 11.8 Å². The molecule has 1 aromatic carbocycles. The third kappa shape index (κ3) is 3.52. The molecule has 0 unspecified atom stereocenters. The maximum absolute atomic E-state index is 12.9. The van der Waals surface area contributed by atoms with Crippen molar-refractivity contribution in [3.05, 3.63) is 47.3 Å². The molecule has 0 aliphatic carbocycles. The van der Waals surface area contributed by atoms with Crippen LogP contribution in [0.5, 0.6) is 5.75 Å². The van der Waals surface area contributed by atoms with Gasteiger partial charge in [-0.25, -0.2) is 0 Å². The van der Waals surface area contributed by atoms with Crippen molar-refractivity contribution < 1.29 is 19.1 Å². The quantitative estimate of drug-likeness (QED) is 0.803. The highest BCUT2D eigenvalue weighted by atomic mass is 16.5. The van der Waals surface area contributed by atoms with E-state index in [1.54, 1.807) is 27.7 Å². The first-order valence-electron chi connectivity index (χ1n) is 9.03. The second kappa shape index (κ2) is 7.40. The summed E-state index contributed by atoms with van der Waals surface area (Å²) in [6.45, 7) is 3.83. The van der Waals surface area contributed by atoms with E-state index in [4.69, 9.17) is 9.47 Å². The molecule has 8 nitrogen and oxygen atoms in total. The smallest absolute Gasteiger partial charge is 0.274 e. The van der Waals surface area contributed by atoms with E-state index in [2.05, 4.69) is 5.10 Å². The molecule has 8 heteroatoms. The number of amides is 2. The van der Waals surface area contributed by atoms with Crippen LogP contribution in [0.1, 0.15) is 26.5 Å². The fourth-order valence-electron chi connectivity index (χ4n) is 3.37. The minimum Gasteiger partial charge on any atom is -0.497 e. The summed E-state index contributed by atoms with van der Waals surface area (Å²) >= 11 is 0. The summed E-state index contributed by atoms with van der Waals surface area (Å²) in [4.78, 5) is 29.0. The molecule has 2 aliphatic heterocycles. The van der Waals surface area contributed by atoms with E-state index in [1.807, 2.05) is 24.3 Å². The lowest BCUT2D eigenvalue weighted by Gasteiger charge is -2.27. The summed E-state index contributed by atoms with van der Waals surface area (Å²) < 4.78 is 12.1. The van der Waals surface area contributed by atoms with Gasteiger partial charge in [0.05, 0.1) is 26.9 Å². The number of ether oxygens (including phenoxy) is 2. The Kier molecular flexibility index (Phi) is 4.81. The topological polar surface area (TPSA) is 76.9 Å². The molecule has 1 fully saturated rings. The van der Waals surface area contributed by atoms with Gasteiger partial charge in [-0.2, -0.15) is 5.10 Å². The second-order valence-electron chi connectivity index (χ2n) is 6.62. The molecule has 0 radical (unpaired) electrons. The van der Waals surface area contributed by atoms with Crippen LogP contribution >= 0.6 is 0 Å². The number of morpholine rings is 1. The van der Waals surface area contributed by atoms with E-state index in [0.717, 1.165) is 11.3 Å². The number of aromatic nitrogens is 2. The highest BCUT2D eigenvalue weighted by Gasteiger charge is 2.29. The molecular weight excluding hydrogens is 348 g/mol. The molecule has 2 amide bonds. The van der Waals surface area contributed by atoms with E-state index >= 15 is 0 Å². The molecule has 142 valence electrons. The summed E-state index contributed by atoms with van der Waals surface area (Å²) in [5, 5.41) is 4.36. The third-order valence-electron chi connectivity index (χ3n) is 4.92. The number of methoxy groups -OCH3 is 1. The lowest BCUT2D eigenvalue weighted by molar-refractivity contribution is 0.0298. The first-order valence-corrected chi connectivity index (χ1v) is 9.03. The van der Waals surface area contributed by atoms with Gasteiger partial charge in [0.1, 0.15) is 11.4 Å². The number of hydrogen-bond donors (Lipinski definition) is 0. The van der Waals surface area contributed by atoms with Crippen LogP contribution in [0.2, 0.25) is 0 Å². The Balaban J connectivity index is 1.48. The molecule has 27 heavy (non-hydrogen) atoms. The Hall–Kier alpha value is -2.87. The number of carbonyl (C=O) groups excluding carboxylic acids is 2. The van der Waals surface area contributed by atoms with Crippen molar-refractivity contribution in [3.63, 3.8) is 0 Å². The van der Waals surface area contributed by atoms with Crippen LogP contribution in [-0.2, 0) is 17.8 Å². The summed E-state index contributed by atoms with van der Waals surface area (Å²) in [6.07, 6.45) is 0. The van der Waals surface area contributed by atoms with Crippen molar-refractivity contribution in [1.29, 1.82) is 0 Å². The molecule has 4 rings (SSSR count). The van der Waals surface area contributed by atoms with Gasteiger partial charge in [-0.05, 0) is 17.7 Å². The van der Waals surface area contributed by atoms with E-state index in [1.165, 1.54) is 0 Å². The SMILES string of the molecule is COc1ccc(CN2CCn3nc(C(=O)N4CCOCC4)cc3C2=O)cc1. The Bertz CT molecular complexity index is 840. The van der Waals surface area contributed by atoms with E-state index in [9.17, 15) is 9.59 Å². The molecule has 3 heterocycles. The van der Waals surface area contributed by atoms with Crippen LogP contribution in [0.3, 0.4) is 0 Å².